The van der Waals surface area contributed by atoms with Crippen molar-refractivity contribution in [3.8, 4) is 5.75 Å². The Kier molecular flexibility index (Phi) is 2.47. The number of ether oxygens (including phenoxy) is 1. The highest BCUT2D eigenvalue weighted by Gasteiger charge is 2.67. The van der Waals surface area contributed by atoms with Crippen LogP contribution >= 0.6 is 0 Å². The second-order valence-electron chi connectivity index (χ2n) is 6.42. The molecule has 1 aromatic heterocycles. The lowest BCUT2D eigenvalue weighted by Gasteiger charge is -2.17. The highest BCUT2D eigenvalue weighted by atomic mass is 16.5. The number of nitrogens with zero attached hydrogens (tertiary/aromatic N) is 2. The smallest absolute Gasteiger partial charge is 0.162 e. The second kappa shape index (κ2) is 3.98. The third-order valence-corrected chi connectivity index (χ3v) is 5.80. The number of rotatable bonds is 4. The van der Waals surface area contributed by atoms with Gasteiger partial charge in [0, 0.05) is 6.54 Å². The van der Waals surface area contributed by atoms with E-state index >= 15 is 0 Å². The number of aryl methyl sites for hydroxylation is 1. The van der Waals surface area contributed by atoms with Crippen molar-refractivity contribution in [2.24, 2.45) is 29.6 Å². The Morgan fingerprint density at radius 2 is 2.11 bits per heavy atom. The molecule has 3 aliphatic rings. The maximum absolute atomic E-state index is 10.8. The van der Waals surface area contributed by atoms with Crippen molar-refractivity contribution < 1.29 is 9.84 Å². The lowest BCUT2D eigenvalue weighted by Crippen LogP contribution is -2.14. The third-order valence-electron chi connectivity index (χ3n) is 5.80. The van der Waals surface area contributed by atoms with Crippen LogP contribution in [0.4, 0.5) is 0 Å². The summed E-state index contributed by atoms with van der Waals surface area (Å²) < 4.78 is 7.26. The van der Waals surface area contributed by atoms with Crippen LogP contribution in [0.15, 0.2) is 6.20 Å². The van der Waals surface area contributed by atoms with Crippen molar-refractivity contribution in [2.75, 3.05) is 7.11 Å². The predicted octanol–water partition coefficient (Wildman–Crippen LogP) is 2.24. The van der Waals surface area contributed by atoms with Crippen LogP contribution in [0.1, 0.15) is 38.0 Å². The highest BCUT2D eigenvalue weighted by Crippen LogP contribution is 2.72. The summed E-state index contributed by atoms with van der Waals surface area (Å²) in [5.74, 6) is 4.53. The predicted molar refractivity (Wildman–Crippen MR) is 70.7 cm³/mol. The zero-order valence-corrected chi connectivity index (χ0v) is 11.6. The van der Waals surface area contributed by atoms with Gasteiger partial charge >= 0.3 is 0 Å². The Hall–Kier alpha value is -1.03. The number of hydrogen-bond acceptors (Lipinski definition) is 3. The first-order valence-electron chi connectivity index (χ1n) is 7.54. The first-order valence-corrected chi connectivity index (χ1v) is 7.54. The number of aliphatic hydroxyl groups excluding tert-OH is 1. The van der Waals surface area contributed by atoms with Gasteiger partial charge in [-0.05, 0) is 55.8 Å². The summed E-state index contributed by atoms with van der Waals surface area (Å²) in [6, 6.07) is 0. The number of aliphatic hydroxyl groups is 1. The number of fused-ring (bicyclic) bond motifs is 5. The van der Waals surface area contributed by atoms with Crippen LogP contribution in [-0.2, 0) is 6.54 Å². The monoisotopic (exact) mass is 262 g/mol. The Balaban J connectivity index is 1.62. The first kappa shape index (κ1) is 11.8. The van der Waals surface area contributed by atoms with E-state index in [1.54, 1.807) is 13.3 Å². The molecule has 4 heteroatoms. The van der Waals surface area contributed by atoms with Gasteiger partial charge in [-0.1, -0.05) is 0 Å². The molecule has 0 amide bonds. The van der Waals surface area contributed by atoms with E-state index in [4.69, 9.17) is 4.74 Å². The minimum absolute atomic E-state index is 0.393. The summed E-state index contributed by atoms with van der Waals surface area (Å²) in [4.78, 5) is 0. The van der Waals surface area contributed by atoms with Gasteiger partial charge in [-0.2, -0.15) is 5.10 Å². The zero-order chi connectivity index (χ0) is 13.1. The third kappa shape index (κ3) is 1.46. The number of hydrogen-bond donors (Lipinski definition) is 1. The van der Waals surface area contributed by atoms with Crippen molar-refractivity contribution in [1.82, 2.24) is 9.78 Å². The lowest BCUT2D eigenvalue weighted by molar-refractivity contribution is 0.117. The van der Waals surface area contributed by atoms with Gasteiger partial charge in [0.1, 0.15) is 11.8 Å². The van der Waals surface area contributed by atoms with Gasteiger partial charge in [-0.25, -0.2) is 0 Å². The van der Waals surface area contributed by atoms with Gasteiger partial charge < -0.3 is 9.84 Å². The van der Waals surface area contributed by atoms with Crippen molar-refractivity contribution in [2.45, 2.75) is 38.8 Å². The molecule has 1 aromatic rings. The number of methoxy groups -OCH3 is 1. The van der Waals surface area contributed by atoms with Crippen LogP contribution in [0.3, 0.4) is 0 Å². The first-order chi connectivity index (χ1) is 9.26. The quantitative estimate of drug-likeness (QED) is 0.905. The molecular formula is C15H22N2O2. The second-order valence-corrected chi connectivity index (χ2v) is 6.42. The molecule has 1 N–H and O–H groups in total. The van der Waals surface area contributed by atoms with Gasteiger partial charge in [0.25, 0.3) is 0 Å². The molecule has 104 valence electrons. The largest absolute Gasteiger partial charge is 0.493 e. The summed E-state index contributed by atoms with van der Waals surface area (Å²) in [6.07, 6.45) is 5.53. The maximum Gasteiger partial charge on any atom is 0.162 e. The molecule has 4 nitrogen and oxygen atoms in total. The lowest BCUT2D eigenvalue weighted by atomic mass is 9.97. The van der Waals surface area contributed by atoms with E-state index < -0.39 is 6.10 Å². The van der Waals surface area contributed by atoms with Gasteiger partial charge in [0.2, 0.25) is 0 Å². The molecule has 0 saturated heterocycles. The van der Waals surface area contributed by atoms with Gasteiger partial charge in [0.05, 0.1) is 13.3 Å². The molecule has 5 unspecified atom stereocenters. The average molecular weight is 262 g/mol. The van der Waals surface area contributed by atoms with E-state index in [0.717, 1.165) is 41.7 Å². The fourth-order valence-electron chi connectivity index (χ4n) is 5.08. The molecule has 19 heavy (non-hydrogen) atoms. The molecule has 0 aromatic carbocycles. The SMILES string of the molecule is CCn1ncc(OC)c1C(O)C1C2C3CCC(C3)C21. The van der Waals surface area contributed by atoms with E-state index in [2.05, 4.69) is 12.0 Å². The van der Waals surface area contributed by atoms with Crippen LogP contribution in [0.2, 0.25) is 0 Å². The number of aromatic nitrogens is 2. The van der Waals surface area contributed by atoms with Gasteiger partial charge in [0.15, 0.2) is 5.75 Å². The van der Waals surface area contributed by atoms with Crippen molar-refractivity contribution in [1.29, 1.82) is 0 Å². The molecule has 0 spiro atoms. The fourth-order valence-corrected chi connectivity index (χ4v) is 5.08. The molecule has 3 saturated carbocycles. The summed E-state index contributed by atoms with van der Waals surface area (Å²) in [5, 5.41) is 15.1. The van der Waals surface area contributed by atoms with Crippen molar-refractivity contribution in [3.63, 3.8) is 0 Å². The Labute approximate surface area is 113 Å². The standard InChI is InChI=1S/C15H22N2O2/c1-3-17-14(10(19-2)7-16-17)15(18)13-11-8-4-5-9(6-8)12(11)13/h7-9,11-13,15,18H,3-6H2,1-2H3. The Morgan fingerprint density at radius 3 is 2.68 bits per heavy atom. The topological polar surface area (TPSA) is 47.3 Å². The van der Waals surface area contributed by atoms with Crippen LogP contribution in [-0.4, -0.2) is 22.0 Å². The van der Waals surface area contributed by atoms with E-state index in [0.29, 0.717) is 5.92 Å². The van der Waals surface area contributed by atoms with Crippen LogP contribution < -0.4 is 4.74 Å². The molecule has 2 bridgehead atoms. The van der Waals surface area contributed by atoms with Crippen molar-refractivity contribution in [3.05, 3.63) is 11.9 Å². The van der Waals surface area contributed by atoms with E-state index in [-0.39, 0.29) is 0 Å². The highest BCUT2D eigenvalue weighted by molar-refractivity contribution is 5.30. The molecular weight excluding hydrogens is 240 g/mol. The molecule has 1 heterocycles. The van der Waals surface area contributed by atoms with Crippen molar-refractivity contribution >= 4 is 0 Å². The fraction of sp³-hybridized carbons (Fsp3) is 0.800. The maximum atomic E-state index is 10.8. The average Bonchev–Trinajstić information content (AvgIpc) is 2.81. The normalized spacial score (nSPS) is 40.3. The van der Waals surface area contributed by atoms with Crippen LogP contribution in [0, 0.1) is 29.6 Å². The molecule has 5 atom stereocenters. The summed E-state index contributed by atoms with van der Waals surface area (Å²) in [5.41, 5.74) is 0.892. The van der Waals surface area contributed by atoms with Gasteiger partial charge in [-0.3, -0.25) is 4.68 Å². The summed E-state index contributed by atoms with van der Waals surface area (Å²) in [6.45, 7) is 2.84. The van der Waals surface area contributed by atoms with E-state index in [9.17, 15) is 5.11 Å². The molecule has 3 aliphatic carbocycles. The minimum atomic E-state index is -0.393. The van der Waals surface area contributed by atoms with E-state index in [1.165, 1.54) is 19.3 Å². The zero-order valence-electron chi connectivity index (χ0n) is 11.6. The van der Waals surface area contributed by atoms with Crippen LogP contribution in [0.5, 0.6) is 5.75 Å². The Bertz CT molecular complexity index is 461. The molecule has 4 rings (SSSR count). The molecule has 0 aliphatic heterocycles. The summed E-state index contributed by atoms with van der Waals surface area (Å²) >= 11 is 0. The molecule has 3 fully saturated rings. The molecule has 0 radical (unpaired) electrons. The van der Waals surface area contributed by atoms with Crippen LogP contribution in [0.25, 0.3) is 0 Å². The van der Waals surface area contributed by atoms with E-state index in [1.807, 2.05) is 4.68 Å². The Morgan fingerprint density at radius 1 is 1.42 bits per heavy atom. The summed E-state index contributed by atoms with van der Waals surface area (Å²) in [7, 11) is 1.66. The van der Waals surface area contributed by atoms with Gasteiger partial charge in [-0.15, -0.1) is 0 Å². The minimum Gasteiger partial charge on any atom is -0.493 e.